The third kappa shape index (κ3) is 4.20. The summed E-state index contributed by atoms with van der Waals surface area (Å²) in [5.41, 5.74) is 1.79. The number of hydrogen-bond donors (Lipinski definition) is 1. The van der Waals surface area contributed by atoms with Crippen molar-refractivity contribution in [2.75, 3.05) is 13.2 Å². The van der Waals surface area contributed by atoms with Gasteiger partial charge in [-0.1, -0.05) is 18.2 Å². The van der Waals surface area contributed by atoms with Crippen molar-refractivity contribution in [2.24, 2.45) is 0 Å². The van der Waals surface area contributed by atoms with Gasteiger partial charge >= 0.3 is 0 Å². The number of carbonyl (C=O) groups excluding carboxylic acids is 1. The Hall–Kier alpha value is -2.14. The van der Waals surface area contributed by atoms with Gasteiger partial charge in [0.05, 0.1) is 11.8 Å². The first kappa shape index (κ1) is 15.7. The van der Waals surface area contributed by atoms with Gasteiger partial charge < -0.3 is 14.5 Å². The van der Waals surface area contributed by atoms with Crippen LogP contribution in [0.15, 0.2) is 34.7 Å². The minimum absolute atomic E-state index is 0.0316. The quantitative estimate of drug-likeness (QED) is 0.890. The van der Waals surface area contributed by atoms with E-state index in [1.807, 2.05) is 37.3 Å². The van der Waals surface area contributed by atoms with E-state index in [0.717, 1.165) is 36.5 Å². The Kier molecular flexibility index (Phi) is 5.08. The Morgan fingerprint density at radius 2 is 2.17 bits per heavy atom. The molecular formula is C18H22N2O3. The molecule has 122 valence electrons. The fourth-order valence-corrected chi connectivity index (χ4v) is 2.72. The number of amides is 1. The van der Waals surface area contributed by atoms with Crippen LogP contribution in [0, 0.1) is 6.92 Å². The summed E-state index contributed by atoms with van der Waals surface area (Å²) >= 11 is 0. The SMILES string of the molecule is Cc1oc(-c2ccccc2)nc1CCC(=O)NCC1CCCO1. The highest BCUT2D eigenvalue weighted by molar-refractivity contribution is 5.76. The Balaban J connectivity index is 1.52. The highest BCUT2D eigenvalue weighted by Crippen LogP contribution is 2.22. The molecule has 1 N–H and O–H groups in total. The van der Waals surface area contributed by atoms with Crippen molar-refractivity contribution in [3.63, 3.8) is 0 Å². The fourth-order valence-electron chi connectivity index (χ4n) is 2.72. The molecule has 0 bridgehead atoms. The molecule has 1 aliphatic heterocycles. The Morgan fingerprint density at radius 3 is 2.91 bits per heavy atom. The predicted molar refractivity (Wildman–Crippen MR) is 87.0 cm³/mol. The number of carbonyl (C=O) groups is 1. The largest absolute Gasteiger partial charge is 0.441 e. The van der Waals surface area contributed by atoms with Crippen LogP contribution in [0.1, 0.15) is 30.7 Å². The highest BCUT2D eigenvalue weighted by atomic mass is 16.5. The monoisotopic (exact) mass is 314 g/mol. The number of aromatic nitrogens is 1. The highest BCUT2D eigenvalue weighted by Gasteiger charge is 2.17. The van der Waals surface area contributed by atoms with Gasteiger partial charge in [-0.05, 0) is 31.9 Å². The molecule has 23 heavy (non-hydrogen) atoms. The van der Waals surface area contributed by atoms with Crippen LogP contribution in [0.4, 0.5) is 0 Å². The number of nitrogens with zero attached hydrogens (tertiary/aromatic N) is 1. The zero-order valence-electron chi connectivity index (χ0n) is 13.4. The van der Waals surface area contributed by atoms with Gasteiger partial charge in [-0.25, -0.2) is 4.98 Å². The first-order chi connectivity index (χ1) is 11.2. The molecule has 1 amide bonds. The smallest absolute Gasteiger partial charge is 0.226 e. The molecule has 3 rings (SSSR count). The lowest BCUT2D eigenvalue weighted by Crippen LogP contribution is -2.31. The number of rotatable bonds is 6. The topological polar surface area (TPSA) is 64.4 Å². The van der Waals surface area contributed by atoms with E-state index in [-0.39, 0.29) is 12.0 Å². The molecular weight excluding hydrogens is 292 g/mol. The van der Waals surface area contributed by atoms with Crippen LogP contribution in [0.2, 0.25) is 0 Å². The summed E-state index contributed by atoms with van der Waals surface area (Å²) in [7, 11) is 0. The maximum Gasteiger partial charge on any atom is 0.226 e. The molecule has 1 fully saturated rings. The molecule has 2 aromatic rings. The van der Waals surface area contributed by atoms with Gasteiger partial charge in [0.2, 0.25) is 11.8 Å². The van der Waals surface area contributed by atoms with Crippen molar-refractivity contribution < 1.29 is 13.9 Å². The number of hydrogen-bond acceptors (Lipinski definition) is 4. The molecule has 1 saturated heterocycles. The van der Waals surface area contributed by atoms with E-state index in [9.17, 15) is 4.79 Å². The molecule has 2 heterocycles. The lowest BCUT2D eigenvalue weighted by Gasteiger charge is -2.10. The van der Waals surface area contributed by atoms with E-state index in [4.69, 9.17) is 9.15 Å². The van der Waals surface area contributed by atoms with Gasteiger partial charge in [-0.2, -0.15) is 0 Å². The lowest BCUT2D eigenvalue weighted by molar-refractivity contribution is -0.121. The van der Waals surface area contributed by atoms with Crippen molar-refractivity contribution >= 4 is 5.91 Å². The molecule has 1 aromatic heterocycles. The Morgan fingerprint density at radius 1 is 1.35 bits per heavy atom. The van der Waals surface area contributed by atoms with Crippen molar-refractivity contribution in [3.8, 4) is 11.5 Å². The van der Waals surface area contributed by atoms with Gasteiger partial charge in [-0.3, -0.25) is 4.79 Å². The van der Waals surface area contributed by atoms with Gasteiger partial charge in [0.25, 0.3) is 0 Å². The second-order valence-electron chi connectivity index (χ2n) is 5.83. The Labute approximate surface area is 136 Å². The van der Waals surface area contributed by atoms with Crippen LogP contribution < -0.4 is 5.32 Å². The number of ether oxygens (including phenoxy) is 1. The molecule has 1 atom stereocenters. The number of benzene rings is 1. The molecule has 0 radical (unpaired) electrons. The van der Waals surface area contributed by atoms with Crippen molar-refractivity contribution in [2.45, 2.75) is 38.7 Å². The minimum Gasteiger partial charge on any atom is -0.441 e. The van der Waals surface area contributed by atoms with Gasteiger partial charge in [0.1, 0.15) is 5.76 Å². The zero-order chi connectivity index (χ0) is 16.1. The second kappa shape index (κ2) is 7.42. The molecule has 5 heteroatoms. The van der Waals surface area contributed by atoms with Crippen LogP contribution in [0.25, 0.3) is 11.5 Å². The lowest BCUT2D eigenvalue weighted by atomic mass is 10.2. The first-order valence-corrected chi connectivity index (χ1v) is 8.12. The molecule has 1 aromatic carbocycles. The number of aryl methyl sites for hydroxylation is 2. The molecule has 1 aliphatic rings. The van der Waals surface area contributed by atoms with Crippen LogP contribution in [-0.4, -0.2) is 30.1 Å². The summed E-state index contributed by atoms with van der Waals surface area (Å²) < 4.78 is 11.2. The van der Waals surface area contributed by atoms with Gasteiger partial charge in [0.15, 0.2) is 0 Å². The summed E-state index contributed by atoms with van der Waals surface area (Å²) in [4.78, 5) is 16.5. The Bertz CT molecular complexity index is 646. The van der Waals surface area contributed by atoms with E-state index in [1.165, 1.54) is 0 Å². The molecule has 0 aliphatic carbocycles. The normalized spacial score (nSPS) is 17.3. The van der Waals surface area contributed by atoms with Crippen molar-refractivity contribution in [3.05, 3.63) is 41.8 Å². The van der Waals surface area contributed by atoms with E-state index in [1.54, 1.807) is 0 Å². The minimum atomic E-state index is 0.0316. The van der Waals surface area contributed by atoms with E-state index in [2.05, 4.69) is 10.3 Å². The third-order valence-electron chi connectivity index (χ3n) is 4.05. The predicted octanol–water partition coefficient (Wildman–Crippen LogP) is 2.88. The van der Waals surface area contributed by atoms with Crippen molar-refractivity contribution in [1.29, 1.82) is 0 Å². The fraction of sp³-hybridized carbons (Fsp3) is 0.444. The molecule has 0 spiro atoms. The first-order valence-electron chi connectivity index (χ1n) is 8.12. The maximum atomic E-state index is 11.9. The van der Waals surface area contributed by atoms with E-state index in [0.29, 0.717) is 25.3 Å². The second-order valence-corrected chi connectivity index (χ2v) is 5.83. The van der Waals surface area contributed by atoms with Gasteiger partial charge in [0, 0.05) is 31.6 Å². The van der Waals surface area contributed by atoms with Crippen LogP contribution in [0.3, 0.4) is 0 Å². The summed E-state index contributed by atoms with van der Waals surface area (Å²) in [5.74, 6) is 1.41. The summed E-state index contributed by atoms with van der Waals surface area (Å²) in [5, 5.41) is 2.93. The van der Waals surface area contributed by atoms with E-state index < -0.39 is 0 Å². The average Bonchev–Trinajstić information content (AvgIpc) is 3.21. The summed E-state index contributed by atoms with van der Waals surface area (Å²) in [6.45, 7) is 3.30. The standard InChI is InChI=1S/C18H22N2O3/c1-13-16(20-18(23-13)14-6-3-2-4-7-14)9-10-17(21)19-12-15-8-5-11-22-15/h2-4,6-7,15H,5,8-12H2,1H3,(H,19,21). The third-order valence-corrected chi connectivity index (χ3v) is 4.05. The summed E-state index contributed by atoms with van der Waals surface area (Å²) in [6, 6.07) is 9.78. The molecule has 5 nitrogen and oxygen atoms in total. The number of nitrogens with one attached hydrogen (secondary N) is 1. The molecule has 0 saturated carbocycles. The van der Waals surface area contributed by atoms with E-state index >= 15 is 0 Å². The van der Waals surface area contributed by atoms with Crippen molar-refractivity contribution in [1.82, 2.24) is 10.3 Å². The maximum absolute atomic E-state index is 11.9. The van der Waals surface area contributed by atoms with Crippen LogP contribution >= 0.6 is 0 Å². The number of oxazole rings is 1. The van der Waals surface area contributed by atoms with Crippen LogP contribution in [0.5, 0.6) is 0 Å². The summed E-state index contributed by atoms with van der Waals surface area (Å²) in [6.07, 6.45) is 3.29. The molecule has 1 unspecified atom stereocenters. The average molecular weight is 314 g/mol. The van der Waals surface area contributed by atoms with Crippen LogP contribution in [-0.2, 0) is 16.0 Å². The van der Waals surface area contributed by atoms with Gasteiger partial charge in [-0.15, -0.1) is 0 Å². The zero-order valence-corrected chi connectivity index (χ0v) is 13.4.